The normalized spacial score (nSPS) is 31.4. The number of hydrogen-bond donors (Lipinski definition) is 1. The molecule has 1 aliphatic carbocycles. The summed E-state index contributed by atoms with van der Waals surface area (Å²) in [7, 11) is 0. The highest BCUT2D eigenvalue weighted by Crippen LogP contribution is 2.44. The van der Waals surface area contributed by atoms with Crippen LogP contribution in [0.2, 0.25) is 0 Å². The van der Waals surface area contributed by atoms with Gasteiger partial charge in [0.25, 0.3) is 0 Å². The van der Waals surface area contributed by atoms with E-state index in [9.17, 15) is 4.39 Å². The highest BCUT2D eigenvalue weighted by molar-refractivity contribution is 5.18. The highest BCUT2D eigenvalue weighted by atomic mass is 19.1. The van der Waals surface area contributed by atoms with E-state index in [4.69, 9.17) is 0 Å². The van der Waals surface area contributed by atoms with E-state index >= 15 is 0 Å². The molecule has 2 aliphatic rings. The molecule has 0 bridgehead atoms. The van der Waals surface area contributed by atoms with Crippen LogP contribution < -0.4 is 5.32 Å². The van der Waals surface area contributed by atoms with Crippen molar-refractivity contribution in [3.05, 3.63) is 35.6 Å². The predicted octanol–water partition coefficient (Wildman–Crippen LogP) is 3.18. The Bertz CT molecular complexity index is 472. The lowest BCUT2D eigenvalue weighted by molar-refractivity contribution is 0.0262. The first-order chi connectivity index (χ1) is 9.63. The number of piperazine rings is 1. The van der Waals surface area contributed by atoms with Gasteiger partial charge in [-0.25, -0.2) is 4.39 Å². The van der Waals surface area contributed by atoms with Crippen LogP contribution >= 0.6 is 0 Å². The molecule has 0 radical (unpaired) electrons. The zero-order valence-electron chi connectivity index (χ0n) is 12.5. The van der Waals surface area contributed by atoms with Crippen molar-refractivity contribution in [3.8, 4) is 0 Å². The summed E-state index contributed by atoms with van der Waals surface area (Å²) in [4.78, 5) is 2.52. The van der Waals surface area contributed by atoms with E-state index < -0.39 is 0 Å². The van der Waals surface area contributed by atoms with Gasteiger partial charge in [0.05, 0.1) is 0 Å². The summed E-state index contributed by atoms with van der Waals surface area (Å²) in [5.41, 5.74) is 1.02. The van der Waals surface area contributed by atoms with Gasteiger partial charge in [-0.3, -0.25) is 4.90 Å². The minimum atomic E-state index is -0.0720. The van der Waals surface area contributed by atoms with Crippen molar-refractivity contribution >= 4 is 0 Å². The van der Waals surface area contributed by atoms with Gasteiger partial charge in [-0.1, -0.05) is 25.1 Å². The van der Waals surface area contributed by atoms with E-state index in [1.807, 2.05) is 12.1 Å². The molecule has 2 unspecified atom stereocenters. The zero-order valence-corrected chi connectivity index (χ0v) is 12.5. The third-order valence-corrected chi connectivity index (χ3v) is 5.18. The topological polar surface area (TPSA) is 15.3 Å². The van der Waals surface area contributed by atoms with Gasteiger partial charge in [0.1, 0.15) is 5.82 Å². The molecule has 2 nitrogen and oxygen atoms in total. The molecular weight excluding hydrogens is 251 g/mol. The fraction of sp³-hybridized carbons (Fsp3) is 0.647. The summed E-state index contributed by atoms with van der Waals surface area (Å²) < 4.78 is 13.9. The number of halogens is 1. The minimum absolute atomic E-state index is 0.0720. The van der Waals surface area contributed by atoms with E-state index in [1.165, 1.54) is 12.8 Å². The Kier molecular flexibility index (Phi) is 3.83. The van der Waals surface area contributed by atoms with Crippen molar-refractivity contribution < 1.29 is 4.39 Å². The lowest BCUT2D eigenvalue weighted by Gasteiger charge is -2.48. The SMILES string of the molecule is CCC1CN(Cc2ccccc2F)C(C)(C2CC2)CN1. The molecule has 2 fully saturated rings. The molecule has 1 aliphatic heterocycles. The number of benzene rings is 1. The molecule has 1 saturated carbocycles. The van der Waals surface area contributed by atoms with E-state index in [-0.39, 0.29) is 11.4 Å². The second-order valence-electron chi connectivity index (χ2n) is 6.59. The van der Waals surface area contributed by atoms with Crippen LogP contribution in [-0.4, -0.2) is 29.6 Å². The largest absolute Gasteiger partial charge is 0.311 e. The Morgan fingerprint density at radius 2 is 2.10 bits per heavy atom. The summed E-state index contributed by atoms with van der Waals surface area (Å²) in [6, 6.07) is 7.74. The second kappa shape index (κ2) is 5.45. The fourth-order valence-corrected chi connectivity index (χ4v) is 3.46. The molecule has 1 aromatic carbocycles. The molecule has 1 saturated heterocycles. The van der Waals surface area contributed by atoms with Gasteiger partial charge >= 0.3 is 0 Å². The van der Waals surface area contributed by atoms with Gasteiger partial charge in [-0.05, 0) is 38.2 Å². The Morgan fingerprint density at radius 1 is 1.35 bits per heavy atom. The minimum Gasteiger partial charge on any atom is -0.311 e. The molecule has 2 atom stereocenters. The van der Waals surface area contributed by atoms with Crippen LogP contribution in [0.5, 0.6) is 0 Å². The van der Waals surface area contributed by atoms with Gasteiger partial charge in [-0.2, -0.15) is 0 Å². The summed E-state index contributed by atoms with van der Waals surface area (Å²) in [5.74, 6) is 0.705. The molecule has 20 heavy (non-hydrogen) atoms. The van der Waals surface area contributed by atoms with Crippen LogP contribution in [0.4, 0.5) is 4.39 Å². The van der Waals surface area contributed by atoms with Crippen molar-refractivity contribution in [1.82, 2.24) is 10.2 Å². The Labute approximate surface area is 121 Å². The van der Waals surface area contributed by atoms with Crippen molar-refractivity contribution in [2.24, 2.45) is 5.92 Å². The average Bonchev–Trinajstić information content (AvgIpc) is 3.28. The first-order valence-electron chi connectivity index (χ1n) is 7.85. The lowest BCUT2D eigenvalue weighted by Crippen LogP contribution is -2.63. The van der Waals surface area contributed by atoms with Crippen LogP contribution in [0.3, 0.4) is 0 Å². The first-order valence-corrected chi connectivity index (χ1v) is 7.85. The smallest absolute Gasteiger partial charge is 0.127 e. The summed E-state index contributed by atoms with van der Waals surface area (Å²) in [5, 5.41) is 3.68. The molecule has 0 spiro atoms. The molecular formula is C17H25FN2. The van der Waals surface area contributed by atoms with Crippen molar-refractivity contribution in [3.63, 3.8) is 0 Å². The standard InChI is InChI=1S/C17H25FN2/c1-3-15-11-20(10-13-6-4-5-7-16(13)18)17(2,12-19-15)14-8-9-14/h4-7,14-15,19H,3,8-12H2,1-2H3. The van der Waals surface area contributed by atoms with E-state index in [0.717, 1.165) is 37.5 Å². The molecule has 3 heteroatoms. The van der Waals surface area contributed by atoms with Gasteiger partial charge in [-0.15, -0.1) is 0 Å². The Morgan fingerprint density at radius 3 is 2.75 bits per heavy atom. The number of nitrogens with zero attached hydrogens (tertiary/aromatic N) is 1. The van der Waals surface area contributed by atoms with Crippen LogP contribution in [0.1, 0.15) is 38.7 Å². The van der Waals surface area contributed by atoms with Crippen LogP contribution in [0.25, 0.3) is 0 Å². The second-order valence-corrected chi connectivity index (χ2v) is 6.59. The highest BCUT2D eigenvalue weighted by Gasteiger charge is 2.48. The van der Waals surface area contributed by atoms with E-state index in [1.54, 1.807) is 12.1 Å². The third-order valence-electron chi connectivity index (χ3n) is 5.18. The van der Waals surface area contributed by atoms with Crippen molar-refractivity contribution in [2.45, 2.75) is 51.2 Å². The molecule has 1 aromatic rings. The molecule has 0 aromatic heterocycles. The maximum absolute atomic E-state index is 13.9. The predicted molar refractivity (Wildman–Crippen MR) is 80.0 cm³/mol. The molecule has 0 amide bonds. The number of hydrogen-bond acceptors (Lipinski definition) is 2. The van der Waals surface area contributed by atoms with Crippen LogP contribution in [0, 0.1) is 11.7 Å². The maximum Gasteiger partial charge on any atom is 0.127 e. The molecule has 3 rings (SSSR count). The first kappa shape index (κ1) is 14.0. The maximum atomic E-state index is 13.9. The summed E-state index contributed by atoms with van der Waals surface area (Å²) in [6.07, 6.45) is 3.78. The Hall–Kier alpha value is -0.930. The summed E-state index contributed by atoms with van der Waals surface area (Å²) in [6.45, 7) is 7.36. The average molecular weight is 276 g/mol. The van der Waals surface area contributed by atoms with E-state index in [2.05, 4.69) is 24.1 Å². The zero-order chi connectivity index (χ0) is 14.2. The molecule has 110 valence electrons. The molecule has 1 heterocycles. The Balaban J connectivity index is 1.81. The number of rotatable bonds is 4. The summed E-state index contributed by atoms with van der Waals surface area (Å²) >= 11 is 0. The lowest BCUT2D eigenvalue weighted by atomic mass is 9.88. The monoisotopic (exact) mass is 276 g/mol. The van der Waals surface area contributed by atoms with Crippen molar-refractivity contribution in [1.29, 1.82) is 0 Å². The van der Waals surface area contributed by atoms with Crippen LogP contribution in [0.15, 0.2) is 24.3 Å². The van der Waals surface area contributed by atoms with Crippen molar-refractivity contribution in [2.75, 3.05) is 13.1 Å². The van der Waals surface area contributed by atoms with Gasteiger partial charge in [0.2, 0.25) is 0 Å². The van der Waals surface area contributed by atoms with Gasteiger partial charge < -0.3 is 5.32 Å². The van der Waals surface area contributed by atoms with Gasteiger partial charge in [0.15, 0.2) is 0 Å². The van der Waals surface area contributed by atoms with Gasteiger partial charge in [0, 0.05) is 36.8 Å². The quantitative estimate of drug-likeness (QED) is 0.908. The number of nitrogens with one attached hydrogen (secondary N) is 1. The third kappa shape index (κ3) is 2.61. The fourth-order valence-electron chi connectivity index (χ4n) is 3.46. The molecule has 1 N–H and O–H groups in total. The van der Waals surface area contributed by atoms with Crippen LogP contribution in [-0.2, 0) is 6.54 Å². The van der Waals surface area contributed by atoms with E-state index in [0.29, 0.717) is 6.04 Å².